The summed E-state index contributed by atoms with van der Waals surface area (Å²) in [6.07, 6.45) is 0.516. The first kappa shape index (κ1) is 23.0. The maximum absolute atomic E-state index is 12.0. The van der Waals surface area contributed by atoms with Crippen LogP contribution in [-0.2, 0) is 14.8 Å². The molecular formula is C18H19Cl2N3O5S. The number of carbonyl (C=O) groups excluding carboxylic acids is 2. The summed E-state index contributed by atoms with van der Waals surface area (Å²) < 4.78 is 31.0. The second-order valence-corrected chi connectivity index (χ2v) is 8.49. The highest BCUT2D eigenvalue weighted by Crippen LogP contribution is 2.27. The van der Waals surface area contributed by atoms with Crippen molar-refractivity contribution < 1.29 is 22.7 Å². The van der Waals surface area contributed by atoms with Crippen molar-refractivity contribution >= 4 is 45.0 Å². The van der Waals surface area contributed by atoms with Gasteiger partial charge in [-0.2, -0.15) is 0 Å². The number of sulfonamides is 1. The van der Waals surface area contributed by atoms with E-state index in [0.29, 0.717) is 22.2 Å². The van der Waals surface area contributed by atoms with Gasteiger partial charge in [-0.3, -0.25) is 20.4 Å². The molecule has 0 atom stereocenters. The zero-order chi connectivity index (χ0) is 21.4. The fourth-order valence-corrected chi connectivity index (χ4v) is 3.36. The lowest BCUT2D eigenvalue weighted by molar-refractivity contribution is -0.122. The van der Waals surface area contributed by atoms with E-state index in [1.165, 1.54) is 31.3 Å². The maximum Gasteiger partial charge on any atom is 0.269 e. The van der Waals surface area contributed by atoms with E-state index in [4.69, 9.17) is 27.9 Å². The van der Waals surface area contributed by atoms with E-state index in [1.54, 1.807) is 18.2 Å². The summed E-state index contributed by atoms with van der Waals surface area (Å²) in [5.74, 6) is -0.511. The van der Waals surface area contributed by atoms with Crippen molar-refractivity contribution in [2.24, 2.45) is 0 Å². The number of rotatable bonds is 8. The Morgan fingerprint density at radius 2 is 1.72 bits per heavy atom. The summed E-state index contributed by atoms with van der Waals surface area (Å²) >= 11 is 11.8. The van der Waals surface area contributed by atoms with Crippen molar-refractivity contribution in [2.75, 3.05) is 13.7 Å². The molecule has 0 heterocycles. The number of benzene rings is 2. The van der Waals surface area contributed by atoms with E-state index in [9.17, 15) is 18.0 Å². The summed E-state index contributed by atoms with van der Waals surface area (Å²) in [4.78, 5) is 23.9. The SMILES string of the molecule is CNS(=O)(=O)c1ccc(C(=O)NNC(=O)CCCOc2ccc(Cl)cc2Cl)cc1. The van der Waals surface area contributed by atoms with Crippen molar-refractivity contribution in [3.05, 3.63) is 58.1 Å². The molecule has 0 aromatic heterocycles. The molecule has 2 aromatic rings. The minimum absolute atomic E-state index is 0.0291. The van der Waals surface area contributed by atoms with Crippen molar-refractivity contribution in [3.8, 4) is 5.75 Å². The molecule has 0 aliphatic heterocycles. The first-order valence-corrected chi connectivity index (χ1v) is 10.7. The van der Waals surface area contributed by atoms with Crippen LogP contribution in [0.1, 0.15) is 23.2 Å². The number of hydrogen-bond acceptors (Lipinski definition) is 5. The second-order valence-electron chi connectivity index (χ2n) is 5.76. The Balaban J connectivity index is 1.73. The van der Waals surface area contributed by atoms with Crippen LogP contribution >= 0.6 is 23.2 Å². The smallest absolute Gasteiger partial charge is 0.269 e. The maximum atomic E-state index is 12.0. The third-order valence-electron chi connectivity index (χ3n) is 3.71. The molecule has 3 N–H and O–H groups in total. The lowest BCUT2D eigenvalue weighted by Crippen LogP contribution is -2.41. The van der Waals surface area contributed by atoms with Gasteiger partial charge in [0.1, 0.15) is 5.75 Å². The van der Waals surface area contributed by atoms with Gasteiger partial charge in [0.05, 0.1) is 16.5 Å². The number of hydrogen-bond donors (Lipinski definition) is 3. The zero-order valence-corrected chi connectivity index (χ0v) is 17.7. The zero-order valence-electron chi connectivity index (χ0n) is 15.4. The Kier molecular flexibility index (Phi) is 8.27. The molecule has 156 valence electrons. The van der Waals surface area contributed by atoms with E-state index < -0.39 is 21.8 Å². The number of carbonyl (C=O) groups is 2. The van der Waals surface area contributed by atoms with Crippen molar-refractivity contribution in [3.63, 3.8) is 0 Å². The Morgan fingerprint density at radius 3 is 2.34 bits per heavy atom. The van der Waals surface area contributed by atoms with E-state index >= 15 is 0 Å². The highest BCUT2D eigenvalue weighted by atomic mass is 35.5. The number of hydrazine groups is 1. The van der Waals surface area contributed by atoms with Crippen molar-refractivity contribution in [1.29, 1.82) is 0 Å². The molecule has 0 radical (unpaired) electrons. The molecule has 0 aliphatic carbocycles. The standard InChI is InChI=1S/C18H19Cl2N3O5S/c1-21-29(26,27)14-7-4-12(5-8-14)18(25)23-22-17(24)3-2-10-28-16-9-6-13(19)11-15(16)20/h4-9,11,21H,2-3,10H2,1H3,(H,22,24)(H,23,25). The first-order chi connectivity index (χ1) is 13.7. The molecule has 0 saturated heterocycles. The summed E-state index contributed by atoms with van der Waals surface area (Å²) in [5, 5.41) is 0.874. The number of amides is 2. The molecule has 2 rings (SSSR count). The van der Waals surface area contributed by atoms with Gasteiger partial charge < -0.3 is 4.74 Å². The summed E-state index contributed by atoms with van der Waals surface area (Å²) in [7, 11) is -2.29. The van der Waals surface area contributed by atoms with E-state index in [1.807, 2.05) is 0 Å². The minimum atomic E-state index is -3.58. The molecule has 0 unspecified atom stereocenters. The molecule has 0 aliphatic rings. The number of ether oxygens (including phenoxy) is 1. The van der Waals surface area contributed by atoms with Crippen LogP contribution < -0.4 is 20.3 Å². The van der Waals surface area contributed by atoms with E-state index in [2.05, 4.69) is 15.6 Å². The van der Waals surface area contributed by atoms with Gasteiger partial charge in [-0.25, -0.2) is 13.1 Å². The highest BCUT2D eigenvalue weighted by Gasteiger charge is 2.13. The Bertz CT molecular complexity index is 981. The molecular weight excluding hydrogens is 441 g/mol. The molecule has 11 heteroatoms. The van der Waals surface area contributed by atoms with Gasteiger partial charge in [0.2, 0.25) is 15.9 Å². The van der Waals surface area contributed by atoms with Gasteiger partial charge >= 0.3 is 0 Å². The van der Waals surface area contributed by atoms with Crippen LogP contribution in [0.2, 0.25) is 10.0 Å². The van der Waals surface area contributed by atoms with Crippen LogP contribution in [0.5, 0.6) is 5.75 Å². The van der Waals surface area contributed by atoms with E-state index in [-0.39, 0.29) is 23.5 Å². The molecule has 0 fully saturated rings. The minimum Gasteiger partial charge on any atom is -0.492 e. The Morgan fingerprint density at radius 1 is 1.03 bits per heavy atom. The largest absolute Gasteiger partial charge is 0.492 e. The van der Waals surface area contributed by atoms with Gasteiger partial charge in [0, 0.05) is 17.0 Å². The van der Waals surface area contributed by atoms with Crippen molar-refractivity contribution in [2.45, 2.75) is 17.7 Å². The summed E-state index contributed by atoms with van der Waals surface area (Å²) in [6, 6.07) is 10.1. The second kappa shape index (κ2) is 10.4. The Hall–Kier alpha value is -2.33. The van der Waals surface area contributed by atoms with Crippen LogP contribution in [0.3, 0.4) is 0 Å². The fraction of sp³-hybridized carbons (Fsp3) is 0.222. The molecule has 29 heavy (non-hydrogen) atoms. The average Bonchev–Trinajstić information content (AvgIpc) is 2.70. The van der Waals surface area contributed by atoms with Crippen LogP contribution in [0.15, 0.2) is 47.4 Å². The number of halogens is 2. The number of nitrogens with one attached hydrogen (secondary N) is 3. The Labute approximate surface area is 178 Å². The predicted molar refractivity (Wildman–Crippen MR) is 109 cm³/mol. The molecule has 2 aromatic carbocycles. The lowest BCUT2D eigenvalue weighted by atomic mass is 10.2. The van der Waals surface area contributed by atoms with Gasteiger partial charge in [-0.1, -0.05) is 23.2 Å². The predicted octanol–water partition coefficient (Wildman–Crippen LogP) is 2.52. The molecule has 0 spiro atoms. The summed E-state index contributed by atoms with van der Waals surface area (Å²) in [6.45, 7) is 0.254. The van der Waals surface area contributed by atoms with Gasteiger partial charge in [-0.15, -0.1) is 0 Å². The topological polar surface area (TPSA) is 114 Å². The molecule has 0 saturated carbocycles. The lowest BCUT2D eigenvalue weighted by Gasteiger charge is -2.10. The molecule has 8 nitrogen and oxygen atoms in total. The molecule has 0 bridgehead atoms. The average molecular weight is 460 g/mol. The van der Waals surface area contributed by atoms with Crippen LogP contribution in [0.25, 0.3) is 0 Å². The van der Waals surface area contributed by atoms with Gasteiger partial charge in [-0.05, 0) is 55.9 Å². The van der Waals surface area contributed by atoms with Crippen LogP contribution in [0, 0.1) is 0 Å². The third kappa shape index (κ3) is 6.90. The summed E-state index contributed by atoms with van der Waals surface area (Å²) in [5.41, 5.74) is 4.75. The normalized spacial score (nSPS) is 11.0. The quantitative estimate of drug-likeness (QED) is 0.414. The monoisotopic (exact) mass is 459 g/mol. The van der Waals surface area contributed by atoms with Crippen LogP contribution in [-0.4, -0.2) is 33.9 Å². The molecule has 2 amide bonds. The van der Waals surface area contributed by atoms with Crippen molar-refractivity contribution in [1.82, 2.24) is 15.6 Å². The first-order valence-electron chi connectivity index (χ1n) is 8.43. The third-order valence-corrected chi connectivity index (χ3v) is 5.67. The highest BCUT2D eigenvalue weighted by molar-refractivity contribution is 7.89. The van der Waals surface area contributed by atoms with Gasteiger partial charge in [0.25, 0.3) is 5.91 Å². The fourth-order valence-electron chi connectivity index (χ4n) is 2.17. The van der Waals surface area contributed by atoms with E-state index in [0.717, 1.165) is 0 Å². The van der Waals surface area contributed by atoms with Crippen LogP contribution in [0.4, 0.5) is 0 Å². The van der Waals surface area contributed by atoms with Gasteiger partial charge in [0.15, 0.2) is 0 Å².